The Morgan fingerprint density at radius 1 is 0.974 bits per heavy atom. The average molecular weight is 556 g/mol. The molecule has 0 spiro atoms. The van der Waals surface area contributed by atoms with Gasteiger partial charge >= 0.3 is 0 Å². The summed E-state index contributed by atoms with van der Waals surface area (Å²) in [4.78, 5) is 28.1. The fourth-order valence-electron chi connectivity index (χ4n) is 3.88. The Morgan fingerprint density at radius 2 is 1.62 bits per heavy atom. The maximum absolute atomic E-state index is 14.6. The summed E-state index contributed by atoms with van der Waals surface area (Å²) < 4.78 is 48.4. The molecule has 8 nitrogen and oxygen atoms in total. The van der Waals surface area contributed by atoms with Crippen LogP contribution in [0.3, 0.4) is 0 Å². The van der Waals surface area contributed by atoms with E-state index in [9.17, 15) is 22.4 Å². The summed E-state index contributed by atoms with van der Waals surface area (Å²) in [5, 5.41) is 2.84. The summed E-state index contributed by atoms with van der Waals surface area (Å²) >= 11 is 0. The number of amides is 2. The first-order valence-electron chi connectivity index (χ1n) is 12.4. The van der Waals surface area contributed by atoms with Gasteiger partial charge in [0.1, 0.15) is 24.2 Å². The minimum Gasteiger partial charge on any atom is -0.497 e. The third kappa shape index (κ3) is 7.57. The predicted octanol–water partition coefficient (Wildman–Crippen LogP) is 4.36. The standard InChI is InChI=1S/C29H34FN3O5S/c1-21(28(35)31-29(2,3)4)32(19-22-12-9-10-17-26(22)30)27(34)20-33(23-13-11-14-24(18-23)38-5)39(36,37)25-15-7-6-8-16-25/h6-18,21H,19-20H2,1-5H3,(H,31,35). The van der Waals surface area contributed by atoms with Crippen LogP contribution in [-0.2, 0) is 26.2 Å². The molecule has 0 aliphatic carbocycles. The second-order valence-corrected chi connectivity index (χ2v) is 11.9. The van der Waals surface area contributed by atoms with Crippen molar-refractivity contribution in [3.05, 3.63) is 90.2 Å². The molecule has 10 heteroatoms. The number of benzene rings is 3. The van der Waals surface area contributed by atoms with Crippen molar-refractivity contribution in [1.29, 1.82) is 0 Å². The van der Waals surface area contributed by atoms with Gasteiger partial charge in [0.15, 0.2) is 0 Å². The number of hydrogen-bond acceptors (Lipinski definition) is 5. The Morgan fingerprint density at radius 3 is 2.23 bits per heavy atom. The molecule has 0 fully saturated rings. The van der Waals surface area contributed by atoms with Crippen LogP contribution in [0, 0.1) is 5.82 Å². The van der Waals surface area contributed by atoms with Gasteiger partial charge in [-0.25, -0.2) is 12.8 Å². The predicted molar refractivity (Wildman–Crippen MR) is 148 cm³/mol. The van der Waals surface area contributed by atoms with Crippen LogP contribution in [0.4, 0.5) is 10.1 Å². The molecule has 0 aliphatic rings. The van der Waals surface area contributed by atoms with Crippen LogP contribution >= 0.6 is 0 Å². The second-order valence-electron chi connectivity index (χ2n) is 10.1. The molecule has 1 atom stereocenters. The third-order valence-electron chi connectivity index (χ3n) is 5.92. The van der Waals surface area contributed by atoms with Gasteiger partial charge in [-0.15, -0.1) is 0 Å². The van der Waals surface area contributed by atoms with Crippen molar-refractivity contribution in [2.24, 2.45) is 0 Å². The summed E-state index contributed by atoms with van der Waals surface area (Å²) in [5.74, 6) is -1.28. The summed E-state index contributed by atoms with van der Waals surface area (Å²) in [6, 6.07) is 19.0. The second kappa shape index (κ2) is 12.3. The van der Waals surface area contributed by atoms with Crippen molar-refractivity contribution < 1.29 is 27.1 Å². The number of nitrogens with one attached hydrogen (secondary N) is 1. The number of hydrogen-bond donors (Lipinski definition) is 1. The summed E-state index contributed by atoms with van der Waals surface area (Å²) in [7, 11) is -2.76. The van der Waals surface area contributed by atoms with Crippen LogP contribution < -0.4 is 14.4 Å². The highest BCUT2D eigenvalue weighted by molar-refractivity contribution is 7.92. The molecule has 39 heavy (non-hydrogen) atoms. The van der Waals surface area contributed by atoms with Crippen LogP contribution in [0.25, 0.3) is 0 Å². The Hall–Kier alpha value is -3.92. The van der Waals surface area contributed by atoms with Crippen LogP contribution in [0.2, 0.25) is 0 Å². The topological polar surface area (TPSA) is 96.0 Å². The lowest BCUT2D eigenvalue weighted by Crippen LogP contribution is -2.54. The SMILES string of the molecule is COc1cccc(N(CC(=O)N(Cc2ccccc2F)C(C)C(=O)NC(C)(C)C)S(=O)(=O)c2ccccc2)c1. The van der Waals surface area contributed by atoms with Crippen molar-refractivity contribution in [2.45, 2.75) is 50.7 Å². The molecule has 3 aromatic rings. The van der Waals surface area contributed by atoms with E-state index >= 15 is 0 Å². The maximum atomic E-state index is 14.6. The van der Waals surface area contributed by atoms with Crippen LogP contribution in [0.5, 0.6) is 5.75 Å². The maximum Gasteiger partial charge on any atom is 0.264 e. The lowest BCUT2D eigenvalue weighted by Gasteiger charge is -2.33. The average Bonchev–Trinajstić information content (AvgIpc) is 2.90. The zero-order valence-corrected chi connectivity index (χ0v) is 23.5. The van der Waals surface area contributed by atoms with Gasteiger partial charge in [-0.3, -0.25) is 13.9 Å². The Kier molecular flexibility index (Phi) is 9.34. The Labute approximate surface area is 229 Å². The largest absolute Gasteiger partial charge is 0.497 e. The van der Waals surface area contributed by atoms with Gasteiger partial charge < -0.3 is 15.0 Å². The molecule has 0 saturated heterocycles. The molecule has 208 valence electrons. The molecule has 0 bridgehead atoms. The fraction of sp³-hybridized carbons (Fsp3) is 0.310. The molecular weight excluding hydrogens is 521 g/mol. The van der Waals surface area contributed by atoms with E-state index in [1.165, 1.54) is 55.3 Å². The van der Waals surface area contributed by atoms with Crippen molar-refractivity contribution in [2.75, 3.05) is 18.0 Å². The van der Waals surface area contributed by atoms with E-state index in [1.54, 1.807) is 63.2 Å². The number of nitrogens with zero attached hydrogens (tertiary/aromatic N) is 2. The quantitative estimate of drug-likeness (QED) is 0.401. The lowest BCUT2D eigenvalue weighted by atomic mass is 10.1. The smallest absolute Gasteiger partial charge is 0.264 e. The number of methoxy groups -OCH3 is 1. The molecular formula is C29H34FN3O5S. The number of anilines is 1. The van der Waals surface area contributed by atoms with E-state index in [2.05, 4.69) is 5.32 Å². The fourth-order valence-corrected chi connectivity index (χ4v) is 5.31. The number of sulfonamides is 1. The van der Waals surface area contributed by atoms with Gasteiger partial charge in [-0.1, -0.05) is 42.5 Å². The first-order chi connectivity index (χ1) is 18.3. The molecule has 0 radical (unpaired) electrons. The highest BCUT2D eigenvalue weighted by Gasteiger charge is 2.33. The number of halogens is 1. The molecule has 1 unspecified atom stereocenters. The monoisotopic (exact) mass is 555 g/mol. The Balaban J connectivity index is 2.06. The van der Waals surface area contributed by atoms with Crippen molar-refractivity contribution >= 4 is 27.5 Å². The lowest BCUT2D eigenvalue weighted by molar-refractivity contribution is -0.140. The number of rotatable bonds is 10. The number of ether oxygens (including phenoxy) is 1. The van der Waals surface area contributed by atoms with E-state index in [1.807, 2.05) is 0 Å². The molecule has 0 aromatic heterocycles. The summed E-state index contributed by atoms with van der Waals surface area (Å²) in [6.45, 7) is 6.07. The van der Waals surface area contributed by atoms with Gasteiger partial charge in [-0.2, -0.15) is 0 Å². The van der Waals surface area contributed by atoms with Crippen LogP contribution in [0.1, 0.15) is 33.3 Å². The molecule has 1 N–H and O–H groups in total. The zero-order valence-electron chi connectivity index (χ0n) is 22.7. The molecule has 3 aromatic carbocycles. The normalized spacial score (nSPS) is 12.4. The summed E-state index contributed by atoms with van der Waals surface area (Å²) in [5.41, 5.74) is -0.189. The number of carbonyl (C=O) groups is 2. The molecule has 0 aliphatic heterocycles. The van der Waals surface area contributed by atoms with Gasteiger partial charge in [0, 0.05) is 23.7 Å². The van der Waals surface area contributed by atoms with Crippen molar-refractivity contribution in [1.82, 2.24) is 10.2 Å². The summed E-state index contributed by atoms with van der Waals surface area (Å²) in [6.07, 6.45) is 0. The van der Waals surface area contributed by atoms with E-state index in [4.69, 9.17) is 4.74 Å². The van der Waals surface area contributed by atoms with Crippen molar-refractivity contribution in [3.63, 3.8) is 0 Å². The molecule has 3 rings (SSSR count). The Bertz CT molecular complexity index is 1410. The number of carbonyl (C=O) groups excluding carboxylic acids is 2. The van der Waals surface area contributed by atoms with Crippen LogP contribution in [-0.4, -0.2) is 50.4 Å². The first-order valence-corrected chi connectivity index (χ1v) is 13.8. The molecule has 2 amide bonds. The van der Waals surface area contributed by atoms with E-state index in [-0.39, 0.29) is 22.7 Å². The van der Waals surface area contributed by atoms with Crippen LogP contribution in [0.15, 0.2) is 83.8 Å². The van der Waals surface area contributed by atoms with E-state index in [0.717, 1.165) is 4.31 Å². The minimum atomic E-state index is -4.21. The highest BCUT2D eigenvalue weighted by atomic mass is 32.2. The van der Waals surface area contributed by atoms with Gasteiger partial charge in [0.25, 0.3) is 10.0 Å². The van der Waals surface area contributed by atoms with E-state index < -0.39 is 45.8 Å². The third-order valence-corrected chi connectivity index (χ3v) is 7.70. The van der Waals surface area contributed by atoms with Crippen molar-refractivity contribution in [3.8, 4) is 5.75 Å². The van der Waals surface area contributed by atoms with Gasteiger partial charge in [0.2, 0.25) is 11.8 Å². The van der Waals surface area contributed by atoms with Gasteiger partial charge in [-0.05, 0) is 58.0 Å². The zero-order chi connectivity index (χ0) is 28.8. The van der Waals surface area contributed by atoms with Gasteiger partial charge in [0.05, 0.1) is 17.7 Å². The molecule has 0 heterocycles. The first kappa shape index (κ1) is 29.6. The highest BCUT2D eigenvalue weighted by Crippen LogP contribution is 2.27. The molecule has 0 saturated carbocycles. The van der Waals surface area contributed by atoms with E-state index in [0.29, 0.717) is 5.75 Å². The minimum absolute atomic E-state index is 0.0141.